The first-order valence-corrected chi connectivity index (χ1v) is 9.17. The van der Waals surface area contributed by atoms with E-state index in [0.29, 0.717) is 46.1 Å². The predicted molar refractivity (Wildman–Crippen MR) is 100 cm³/mol. The zero-order valence-electron chi connectivity index (χ0n) is 15.1. The molecule has 1 amide bonds. The number of rotatable bonds is 6. The van der Waals surface area contributed by atoms with Gasteiger partial charge in [0.1, 0.15) is 18.1 Å². The van der Waals surface area contributed by atoms with Crippen LogP contribution >= 0.6 is 23.2 Å². The first-order chi connectivity index (χ1) is 12.9. The highest BCUT2D eigenvalue weighted by Gasteiger charge is 2.23. The molecule has 0 aliphatic carbocycles. The number of amides is 1. The van der Waals surface area contributed by atoms with Gasteiger partial charge in [0.2, 0.25) is 11.7 Å². The van der Waals surface area contributed by atoms with Gasteiger partial charge in [-0.15, -0.1) is 5.10 Å². The van der Waals surface area contributed by atoms with Crippen LogP contribution in [0.1, 0.15) is 42.0 Å². The second-order valence-electron chi connectivity index (χ2n) is 5.81. The predicted octanol–water partition coefficient (Wildman–Crippen LogP) is 3.35. The van der Waals surface area contributed by atoms with Crippen molar-refractivity contribution < 1.29 is 9.32 Å². The first kappa shape index (κ1) is 19.3. The standard InChI is InChI=1S/C17H18Cl2N6O2/c1-4-12-20-14(27-23-12)9-24(3)17(26)16-21-13(5-2)25(22-16)15-10(18)7-6-8-11(15)19/h6-8H,4-5,9H2,1-3H3. The molecule has 0 aliphatic rings. The molecule has 0 radical (unpaired) electrons. The molecule has 0 saturated heterocycles. The number of hydrogen-bond donors (Lipinski definition) is 0. The van der Waals surface area contributed by atoms with Crippen LogP contribution < -0.4 is 0 Å². The zero-order valence-corrected chi connectivity index (χ0v) is 16.6. The van der Waals surface area contributed by atoms with Gasteiger partial charge in [-0.05, 0) is 12.1 Å². The van der Waals surface area contributed by atoms with Gasteiger partial charge in [0.15, 0.2) is 5.82 Å². The molecular weight excluding hydrogens is 391 g/mol. The zero-order chi connectivity index (χ0) is 19.6. The number of carbonyl (C=O) groups excluding carboxylic acids is 1. The molecule has 0 unspecified atom stereocenters. The molecule has 10 heteroatoms. The van der Waals surface area contributed by atoms with Crippen molar-refractivity contribution in [2.24, 2.45) is 0 Å². The number of aryl methyl sites for hydroxylation is 2. The third-order valence-electron chi connectivity index (χ3n) is 3.88. The lowest BCUT2D eigenvalue weighted by Crippen LogP contribution is -2.27. The molecule has 0 spiro atoms. The van der Waals surface area contributed by atoms with Crippen LogP contribution in [0, 0.1) is 0 Å². The summed E-state index contributed by atoms with van der Waals surface area (Å²) in [5.74, 6) is 1.19. The van der Waals surface area contributed by atoms with E-state index in [2.05, 4.69) is 20.2 Å². The minimum Gasteiger partial charge on any atom is -0.337 e. The van der Waals surface area contributed by atoms with Crippen molar-refractivity contribution in [2.45, 2.75) is 33.2 Å². The molecule has 0 saturated carbocycles. The second kappa shape index (κ2) is 8.06. The molecule has 1 aromatic carbocycles. The number of para-hydroxylation sites is 1. The average Bonchev–Trinajstić information content (AvgIpc) is 3.27. The lowest BCUT2D eigenvalue weighted by Gasteiger charge is -2.12. The van der Waals surface area contributed by atoms with E-state index in [1.165, 1.54) is 9.58 Å². The first-order valence-electron chi connectivity index (χ1n) is 8.41. The Morgan fingerprint density at radius 2 is 1.89 bits per heavy atom. The largest absolute Gasteiger partial charge is 0.337 e. The SMILES string of the molecule is CCc1noc(CN(C)C(=O)c2nc(CC)n(-c3c(Cl)cccc3Cl)n2)n1. The second-order valence-corrected chi connectivity index (χ2v) is 6.62. The van der Waals surface area contributed by atoms with Gasteiger partial charge in [0.05, 0.1) is 10.0 Å². The normalized spacial score (nSPS) is 11.0. The Labute approximate surface area is 166 Å². The van der Waals surface area contributed by atoms with E-state index in [4.69, 9.17) is 27.7 Å². The molecule has 0 atom stereocenters. The third-order valence-corrected chi connectivity index (χ3v) is 4.49. The lowest BCUT2D eigenvalue weighted by molar-refractivity contribution is 0.0757. The highest BCUT2D eigenvalue weighted by atomic mass is 35.5. The summed E-state index contributed by atoms with van der Waals surface area (Å²) in [6, 6.07) is 5.16. The summed E-state index contributed by atoms with van der Waals surface area (Å²) in [5, 5.41) is 9.00. The van der Waals surface area contributed by atoms with E-state index < -0.39 is 0 Å². The van der Waals surface area contributed by atoms with E-state index >= 15 is 0 Å². The van der Waals surface area contributed by atoms with Crippen LogP contribution in [0.2, 0.25) is 10.0 Å². The van der Waals surface area contributed by atoms with E-state index in [0.717, 1.165) is 0 Å². The van der Waals surface area contributed by atoms with Gasteiger partial charge in [-0.1, -0.05) is 48.3 Å². The molecule has 0 aliphatic heterocycles. The number of nitrogens with zero attached hydrogens (tertiary/aromatic N) is 6. The highest BCUT2D eigenvalue weighted by Crippen LogP contribution is 2.28. The van der Waals surface area contributed by atoms with Gasteiger partial charge in [0.25, 0.3) is 5.91 Å². The average molecular weight is 409 g/mol. The summed E-state index contributed by atoms with van der Waals surface area (Å²) in [6.45, 7) is 3.99. The maximum absolute atomic E-state index is 12.7. The summed E-state index contributed by atoms with van der Waals surface area (Å²) >= 11 is 12.5. The smallest absolute Gasteiger partial charge is 0.293 e. The fourth-order valence-corrected chi connectivity index (χ4v) is 3.04. The van der Waals surface area contributed by atoms with Crippen molar-refractivity contribution in [1.82, 2.24) is 29.8 Å². The minimum atomic E-state index is -0.372. The molecule has 3 aromatic rings. The molecule has 27 heavy (non-hydrogen) atoms. The third kappa shape index (κ3) is 3.96. The molecular formula is C17H18Cl2N6O2. The van der Waals surface area contributed by atoms with Crippen LogP contribution in [0.4, 0.5) is 0 Å². The molecule has 0 bridgehead atoms. The molecule has 2 aromatic heterocycles. The van der Waals surface area contributed by atoms with Crippen molar-refractivity contribution in [3.63, 3.8) is 0 Å². The van der Waals surface area contributed by atoms with Crippen LogP contribution in [0.3, 0.4) is 0 Å². The van der Waals surface area contributed by atoms with Crippen molar-refractivity contribution in [3.8, 4) is 5.69 Å². The fraction of sp³-hybridized carbons (Fsp3) is 0.353. The molecule has 8 nitrogen and oxygen atoms in total. The lowest BCUT2D eigenvalue weighted by atomic mass is 10.3. The van der Waals surface area contributed by atoms with Crippen LogP contribution in [-0.4, -0.2) is 42.8 Å². The van der Waals surface area contributed by atoms with Crippen molar-refractivity contribution >= 4 is 29.1 Å². The van der Waals surface area contributed by atoms with E-state index in [-0.39, 0.29) is 18.3 Å². The Bertz CT molecular complexity index is 948. The Balaban J connectivity index is 1.88. The summed E-state index contributed by atoms with van der Waals surface area (Å²) in [5.41, 5.74) is 0.497. The number of halogens is 2. The van der Waals surface area contributed by atoms with Crippen LogP contribution in [0.15, 0.2) is 22.7 Å². The molecule has 142 valence electrons. The fourth-order valence-electron chi connectivity index (χ4n) is 2.48. The van der Waals surface area contributed by atoms with Gasteiger partial charge in [-0.2, -0.15) is 4.98 Å². The number of carbonyl (C=O) groups is 1. The van der Waals surface area contributed by atoms with Gasteiger partial charge >= 0.3 is 0 Å². The van der Waals surface area contributed by atoms with Crippen molar-refractivity contribution in [3.05, 3.63) is 51.6 Å². The quantitative estimate of drug-likeness (QED) is 0.620. The maximum atomic E-state index is 12.7. The van der Waals surface area contributed by atoms with Crippen LogP contribution in [0.25, 0.3) is 5.69 Å². The molecule has 2 heterocycles. The van der Waals surface area contributed by atoms with E-state index in [1.54, 1.807) is 25.2 Å². The number of aromatic nitrogens is 5. The van der Waals surface area contributed by atoms with E-state index in [9.17, 15) is 4.79 Å². The minimum absolute atomic E-state index is 0.0422. The van der Waals surface area contributed by atoms with E-state index in [1.807, 2.05) is 13.8 Å². The van der Waals surface area contributed by atoms with Crippen LogP contribution in [-0.2, 0) is 19.4 Å². The van der Waals surface area contributed by atoms with Gasteiger partial charge < -0.3 is 9.42 Å². The topological polar surface area (TPSA) is 89.9 Å². The van der Waals surface area contributed by atoms with Crippen LogP contribution in [0.5, 0.6) is 0 Å². The van der Waals surface area contributed by atoms with Gasteiger partial charge in [0, 0.05) is 19.9 Å². The Morgan fingerprint density at radius 1 is 1.19 bits per heavy atom. The monoisotopic (exact) mass is 408 g/mol. The Morgan fingerprint density at radius 3 is 2.48 bits per heavy atom. The maximum Gasteiger partial charge on any atom is 0.293 e. The summed E-state index contributed by atoms with van der Waals surface area (Å²) in [7, 11) is 1.62. The van der Waals surface area contributed by atoms with Gasteiger partial charge in [-0.3, -0.25) is 4.79 Å². The Hall–Kier alpha value is -2.45. The van der Waals surface area contributed by atoms with Crippen molar-refractivity contribution in [2.75, 3.05) is 7.05 Å². The number of hydrogen-bond acceptors (Lipinski definition) is 6. The van der Waals surface area contributed by atoms with Crippen molar-refractivity contribution in [1.29, 1.82) is 0 Å². The summed E-state index contributed by atoms with van der Waals surface area (Å²) in [4.78, 5) is 22.7. The molecule has 0 N–H and O–H groups in total. The summed E-state index contributed by atoms with van der Waals surface area (Å²) < 4.78 is 6.63. The highest BCUT2D eigenvalue weighted by molar-refractivity contribution is 6.37. The summed E-state index contributed by atoms with van der Waals surface area (Å²) in [6.07, 6.45) is 1.21. The molecule has 3 rings (SSSR count). The number of benzene rings is 1. The van der Waals surface area contributed by atoms with Gasteiger partial charge in [-0.25, -0.2) is 9.67 Å². The Kier molecular flexibility index (Phi) is 5.76. The molecule has 0 fully saturated rings.